The molecule has 2 unspecified atom stereocenters. The van der Waals surface area contributed by atoms with E-state index in [1.165, 1.54) is 12.8 Å². The van der Waals surface area contributed by atoms with Crippen molar-refractivity contribution in [1.29, 1.82) is 0 Å². The Hall–Kier alpha value is -0.0800. The van der Waals surface area contributed by atoms with Gasteiger partial charge < -0.3 is 10.5 Å². The van der Waals surface area contributed by atoms with Crippen molar-refractivity contribution in [1.82, 2.24) is 0 Å². The van der Waals surface area contributed by atoms with E-state index in [2.05, 4.69) is 13.8 Å². The number of nitrogens with two attached hydrogens (primary N) is 1. The van der Waals surface area contributed by atoms with Crippen molar-refractivity contribution in [3.63, 3.8) is 0 Å². The monoisotopic (exact) mass is 173 g/mol. The molecule has 0 amide bonds. The zero-order chi connectivity index (χ0) is 9.40. The summed E-state index contributed by atoms with van der Waals surface area (Å²) in [6.07, 6.45) is 4.73. The molecular formula is C10H23NO. The van der Waals surface area contributed by atoms with Gasteiger partial charge in [0.05, 0.1) is 0 Å². The standard InChI is InChI=1S/C10H23NO/c1-4-10(11)9(2)7-5-6-8-12-3/h9-10H,4-8,11H2,1-3H3. The van der Waals surface area contributed by atoms with Gasteiger partial charge in [0.2, 0.25) is 0 Å². The molecule has 0 heterocycles. The number of ether oxygens (including phenoxy) is 1. The molecule has 2 nitrogen and oxygen atoms in total. The minimum absolute atomic E-state index is 0.382. The second kappa shape index (κ2) is 7.56. The van der Waals surface area contributed by atoms with Gasteiger partial charge in [0.25, 0.3) is 0 Å². The topological polar surface area (TPSA) is 35.2 Å². The highest BCUT2D eigenvalue weighted by Gasteiger charge is 2.09. The predicted octanol–water partition coefficient (Wildman–Crippen LogP) is 2.18. The second-order valence-electron chi connectivity index (χ2n) is 3.54. The summed E-state index contributed by atoms with van der Waals surface area (Å²) >= 11 is 0. The number of methoxy groups -OCH3 is 1. The van der Waals surface area contributed by atoms with Gasteiger partial charge in [-0.3, -0.25) is 0 Å². The summed E-state index contributed by atoms with van der Waals surface area (Å²) in [5.74, 6) is 0.659. The molecule has 0 aromatic rings. The Morgan fingerprint density at radius 3 is 2.50 bits per heavy atom. The van der Waals surface area contributed by atoms with Gasteiger partial charge in [-0.2, -0.15) is 0 Å². The van der Waals surface area contributed by atoms with E-state index in [9.17, 15) is 0 Å². The van der Waals surface area contributed by atoms with Crippen LogP contribution in [-0.2, 0) is 4.74 Å². The molecule has 0 bridgehead atoms. The molecule has 0 aromatic heterocycles. The molecule has 0 aromatic carbocycles. The zero-order valence-electron chi connectivity index (χ0n) is 8.68. The normalized spacial score (nSPS) is 16.0. The molecule has 0 aliphatic heterocycles. The van der Waals surface area contributed by atoms with Crippen molar-refractivity contribution in [3.05, 3.63) is 0 Å². The van der Waals surface area contributed by atoms with E-state index in [0.29, 0.717) is 12.0 Å². The summed E-state index contributed by atoms with van der Waals surface area (Å²) in [6, 6.07) is 0.382. The van der Waals surface area contributed by atoms with Crippen LogP contribution < -0.4 is 5.73 Å². The largest absolute Gasteiger partial charge is 0.385 e. The summed E-state index contributed by atoms with van der Waals surface area (Å²) in [4.78, 5) is 0. The molecule has 2 atom stereocenters. The van der Waals surface area contributed by atoms with Gasteiger partial charge in [-0.1, -0.05) is 20.3 Å². The van der Waals surface area contributed by atoms with Crippen LogP contribution in [0.2, 0.25) is 0 Å². The lowest BCUT2D eigenvalue weighted by molar-refractivity contribution is 0.189. The molecule has 0 spiro atoms. The van der Waals surface area contributed by atoms with Crippen molar-refractivity contribution in [3.8, 4) is 0 Å². The van der Waals surface area contributed by atoms with Crippen LogP contribution in [0.25, 0.3) is 0 Å². The average molecular weight is 173 g/mol. The zero-order valence-corrected chi connectivity index (χ0v) is 8.68. The van der Waals surface area contributed by atoms with Gasteiger partial charge in [-0.25, -0.2) is 0 Å². The van der Waals surface area contributed by atoms with Crippen molar-refractivity contribution >= 4 is 0 Å². The van der Waals surface area contributed by atoms with Gasteiger partial charge in [0, 0.05) is 19.8 Å². The molecular weight excluding hydrogens is 150 g/mol. The maximum atomic E-state index is 5.90. The van der Waals surface area contributed by atoms with E-state index < -0.39 is 0 Å². The quantitative estimate of drug-likeness (QED) is 0.599. The van der Waals surface area contributed by atoms with Gasteiger partial charge in [-0.15, -0.1) is 0 Å². The lowest BCUT2D eigenvalue weighted by atomic mass is 9.95. The summed E-state index contributed by atoms with van der Waals surface area (Å²) in [5.41, 5.74) is 5.90. The number of hydrogen-bond acceptors (Lipinski definition) is 2. The van der Waals surface area contributed by atoms with Gasteiger partial charge in [0.15, 0.2) is 0 Å². The lowest BCUT2D eigenvalue weighted by Gasteiger charge is -2.17. The maximum Gasteiger partial charge on any atom is 0.0462 e. The molecule has 0 aliphatic carbocycles. The average Bonchev–Trinajstić information content (AvgIpc) is 2.10. The maximum absolute atomic E-state index is 5.90. The van der Waals surface area contributed by atoms with Crippen LogP contribution in [-0.4, -0.2) is 19.8 Å². The smallest absolute Gasteiger partial charge is 0.0462 e. The molecule has 0 radical (unpaired) electrons. The number of unbranched alkanes of at least 4 members (excludes halogenated alkanes) is 1. The van der Waals surface area contributed by atoms with E-state index in [4.69, 9.17) is 10.5 Å². The molecule has 0 aliphatic rings. The van der Waals surface area contributed by atoms with Crippen molar-refractivity contribution in [2.24, 2.45) is 11.7 Å². The molecule has 74 valence electrons. The molecule has 0 saturated heterocycles. The summed E-state index contributed by atoms with van der Waals surface area (Å²) < 4.78 is 4.98. The molecule has 0 fully saturated rings. The van der Waals surface area contributed by atoms with Gasteiger partial charge >= 0.3 is 0 Å². The van der Waals surface area contributed by atoms with E-state index >= 15 is 0 Å². The Balaban J connectivity index is 3.24. The molecule has 2 heteroatoms. The minimum Gasteiger partial charge on any atom is -0.385 e. The van der Waals surface area contributed by atoms with Crippen molar-refractivity contribution in [2.45, 2.75) is 45.6 Å². The van der Waals surface area contributed by atoms with Gasteiger partial charge in [-0.05, 0) is 25.2 Å². The van der Waals surface area contributed by atoms with E-state index in [1.807, 2.05) is 0 Å². The molecule has 2 N–H and O–H groups in total. The Morgan fingerprint density at radius 1 is 1.33 bits per heavy atom. The Bertz CT molecular complexity index is 95.8. The summed E-state index contributed by atoms with van der Waals surface area (Å²) in [7, 11) is 1.75. The predicted molar refractivity (Wildman–Crippen MR) is 53.2 cm³/mol. The van der Waals surface area contributed by atoms with E-state index in [0.717, 1.165) is 19.4 Å². The second-order valence-corrected chi connectivity index (χ2v) is 3.54. The fourth-order valence-electron chi connectivity index (χ4n) is 1.33. The third-order valence-electron chi connectivity index (χ3n) is 2.46. The van der Waals surface area contributed by atoms with Crippen LogP contribution in [0.3, 0.4) is 0 Å². The first-order chi connectivity index (χ1) is 5.72. The highest BCUT2D eigenvalue weighted by atomic mass is 16.5. The van der Waals surface area contributed by atoms with Crippen LogP contribution in [0.5, 0.6) is 0 Å². The van der Waals surface area contributed by atoms with Crippen LogP contribution in [0.15, 0.2) is 0 Å². The third kappa shape index (κ3) is 5.56. The fraction of sp³-hybridized carbons (Fsp3) is 1.00. The minimum atomic E-state index is 0.382. The number of rotatable bonds is 7. The van der Waals surface area contributed by atoms with E-state index in [-0.39, 0.29) is 0 Å². The summed E-state index contributed by atoms with van der Waals surface area (Å²) in [6.45, 7) is 5.27. The number of hydrogen-bond donors (Lipinski definition) is 1. The Labute approximate surface area is 76.5 Å². The SMILES string of the molecule is CCC(N)C(C)CCCCOC. The van der Waals surface area contributed by atoms with Gasteiger partial charge in [0.1, 0.15) is 0 Å². The lowest BCUT2D eigenvalue weighted by Crippen LogP contribution is -2.27. The Morgan fingerprint density at radius 2 is 2.00 bits per heavy atom. The highest BCUT2D eigenvalue weighted by Crippen LogP contribution is 2.12. The van der Waals surface area contributed by atoms with Crippen LogP contribution in [0, 0.1) is 5.92 Å². The first kappa shape index (κ1) is 11.9. The van der Waals surface area contributed by atoms with E-state index in [1.54, 1.807) is 7.11 Å². The first-order valence-corrected chi connectivity index (χ1v) is 4.96. The third-order valence-corrected chi connectivity index (χ3v) is 2.46. The highest BCUT2D eigenvalue weighted by molar-refractivity contribution is 4.66. The van der Waals surface area contributed by atoms with Crippen molar-refractivity contribution < 1.29 is 4.74 Å². The molecule has 0 rings (SSSR count). The Kier molecular flexibility index (Phi) is 7.51. The van der Waals surface area contributed by atoms with Crippen molar-refractivity contribution in [2.75, 3.05) is 13.7 Å². The fourth-order valence-corrected chi connectivity index (χ4v) is 1.33. The summed E-state index contributed by atoms with van der Waals surface area (Å²) in [5, 5.41) is 0. The molecule has 0 saturated carbocycles. The van der Waals surface area contributed by atoms with Crippen LogP contribution in [0.4, 0.5) is 0 Å². The van der Waals surface area contributed by atoms with Crippen LogP contribution in [0.1, 0.15) is 39.5 Å². The molecule has 12 heavy (non-hydrogen) atoms. The van der Waals surface area contributed by atoms with Crippen LogP contribution >= 0.6 is 0 Å². The first-order valence-electron chi connectivity index (χ1n) is 4.96.